The van der Waals surface area contributed by atoms with Crippen molar-refractivity contribution in [1.29, 1.82) is 0 Å². The Bertz CT molecular complexity index is 1190. The molecule has 1 heterocycles. The molecule has 198 valence electrons. The zero-order valence-electron chi connectivity index (χ0n) is 21.1. The molecule has 1 amide bonds. The van der Waals surface area contributed by atoms with Gasteiger partial charge in [-0.3, -0.25) is 9.59 Å². The highest BCUT2D eigenvalue weighted by Crippen LogP contribution is 2.35. The number of benzene rings is 1. The van der Waals surface area contributed by atoms with Gasteiger partial charge in [0.25, 0.3) is 0 Å². The number of thiazole rings is 1. The lowest BCUT2D eigenvalue weighted by Gasteiger charge is -2.21. The maximum Gasteiger partial charge on any atom is 0.323 e. The predicted molar refractivity (Wildman–Crippen MR) is 143 cm³/mol. The molecule has 1 atom stereocenters. The van der Waals surface area contributed by atoms with Gasteiger partial charge >= 0.3 is 5.97 Å². The van der Waals surface area contributed by atoms with Gasteiger partial charge in [-0.1, -0.05) is 42.9 Å². The lowest BCUT2D eigenvalue weighted by atomic mass is 10.1. The predicted octanol–water partition coefficient (Wildman–Crippen LogP) is 4.99. The zero-order chi connectivity index (χ0) is 26.5. The highest BCUT2D eigenvalue weighted by Gasteiger charge is 2.26. The third-order valence-corrected chi connectivity index (χ3v) is 8.64. The Kier molecular flexibility index (Phi) is 9.91. The molecule has 0 aliphatic heterocycles. The van der Waals surface area contributed by atoms with Gasteiger partial charge in [-0.15, -0.1) is 0 Å². The second-order valence-electron chi connectivity index (χ2n) is 9.64. The molecule has 8 nitrogen and oxygen atoms in total. The molecular formula is C25H34ClN3O5S2. The first-order valence-corrected chi connectivity index (χ1v) is 15.2. The third kappa shape index (κ3) is 7.99. The number of nitrogens with zero attached hydrogens (tertiary/aromatic N) is 1. The summed E-state index contributed by atoms with van der Waals surface area (Å²) in [6.45, 7) is 6.56. The van der Waals surface area contributed by atoms with Crippen molar-refractivity contribution in [3.05, 3.63) is 28.9 Å². The molecule has 1 aliphatic carbocycles. The number of nitrogens with one attached hydrogen (secondary N) is 2. The number of amides is 1. The molecule has 1 aromatic carbocycles. The van der Waals surface area contributed by atoms with E-state index in [1.165, 1.54) is 17.4 Å². The summed E-state index contributed by atoms with van der Waals surface area (Å²) in [5, 5.41) is 6.61. The fourth-order valence-corrected chi connectivity index (χ4v) is 6.32. The van der Waals surface area contributed by atoms with Crippen molar-refractivity contribution in [1.82, 2.24) is 10.3 Å². The van der Waals surface area contributed by atoms with E-state index in [4.69, 9.17) is 16.3 Å². The number of sulfone groups is 1. The molecule has 3 rings (SSSR count). The third-order valence-electron chi connectivity index (χ3n) is 5.94. The van der Waals surface area contributed by atoms with Crippen molar-refractivity contribution in [2.75, 3.05) is 18.1 Å². The first-order chi connectivity index (χ1) is 16.9. The summed E-state index contributed by atoms with van der Waals surface area (Å²) in [6.07, 6.45) is 5.47. The van der Waals surface area contributed by atoms with Crippen molar-refractivity contribution < 1.29 is 22.7 Å². The van der Waals surface area contributed by atoms with E-state index < -0.39 is 15.9 Å². The van der Waals surface area contributed by atoms with Gasteiger partial charge in [-0.2, -0.15) is 0 Å². The second-order valence-corrected chi connectivity index (χ2v) is 13.0. The van der Waals surface area contributed by atoms with Gasteiger partial charge in [-0.05, 0) is 69.2 Å². The molecule has 1 aromatic heterocycles. The van der Waals surface area contributed by atoms with Crippen molar-refractivity contribution in [2.24, 2.45) is 5.92 Å². The Morgan fingerprint density at radius 1 is 1.25 bits per heavy atom. The van der Waals surface area contributed by atoms with Crippen LogP contribution in [0.2, 0.25) is 5.02 Å². The average molecular weight is 556 g/mol. The summed E-state index contributed by atoms with van der Waals surface area (Å²) in [7, 11) is -3.49. The molecule has 0 spiro atoms. The Labute approximate surface area is 222 Å². The number of rotatable bonds is 11. The quantitative estimate of drug-likeness (QED) is 0.375. The Morgan fingerprint density at radius 2 is 1.94 bits per heavy atom. The number of carbonyl (C=O) groups excluding carboxylic acids is 2. The molecule has 0 saturated heterocycles. The van der Waals surface area contributed by atoms with Gasteiger partial charge in [-0.25, -0.2) is 13.4 Å². The van der Waals surface area contributed by atoms with Crippen LogP contribution in [0.15, 0.2) is 23.1 Å². The topological polar surface area (TPSA) is 114 Å². The number of hydrogen-bond donors (Lipinski definition) is 2. The summed E-state index contributed by atoms with van der Waals surface area (Å²) in [5.74, 6) is -0.200. The van der Waals surface area contributed by atoms with E-state index in [1.54, 1.807) is 19.1 Å². The smallest absolute Gasteiger partial charge is 0.323 e. The Morgan fingerprint density at radius 3 is 2.58 bits per heavy atom. The highest BCUT2D eigenvalue weighted by molar-refractivity contribution is 7.90. The summed E-state index contributed by atoms with van der Waals surface area (Å²) in [5.41, 5.74) is 1.32. The molecule has 1 fully saturated rings. The fourth-order valence-electron chi connectivity index (χ4n) is 4.04. The number of hydrogen-bond acceptors (Lipinski definition) is 8. The van der Waals surface area contributed by atoms with Gasteiger partial charge in [0.2, 0.25) is 5.91 Å². The molecule has 1 saturated carbocycles. The van der Waals surface area contributed by atoms with Crippen LogP contribution in [-0.4, -0.2) is 50.2 Å². The van der Waals surface area contributed by atoms with E-state index in [0.29, 0.717) is 35.3 Å². The highest BCUT2D eigenvalue weighted by atomic mass is 35.5. The van der Waals surface area contributed by atoms with E-state index in [-0.39, 0.29) is 34.3 Å². The van der Waals surface area contributed by atoms with Crippen LogP contribution in [0.25, 0.3) is 10.4 Å². The van der Waals surface area contributed by atoms with Crippen LogP contribution in [0.1, 0.15) is 58.1 Å². The van der Waals surface area contributed by atoms with Crippen LogP contribution in [-0.2, 0) is 24.2 Å². The Balaban J connectivity index is 1.64. The number of anilines is 1. The standard InChI is InChI=1S/C25H34ClN3O5S2/c1-15(2)14-27-20(24(31)34-18-7-5-6-8-18)11-12-22(30)29-25-28-16(3)23(35-25)17-9-10-19(26)21(13-17)36(4,32)33/h9-10,13,15,18,20,27H,5-8,11-12,14H2,1-4H3,(H,28,29,30)/t20-/m0/s1. The summed E-state index contributed by atoms with van der Waals surface area (Å²) in [6, 6.07) is 4.24. The maximum atomic E-state index is 12.7. The van der Waals surface area contributed by atoms with Crippen LogP contribution in [0.5, 0.6) is 0 Å². The van der Waals surface area contributed by atoms with Crippen LogP contribution in [0.4, 0.5) is 5.13 Å². The molecule has 36 heavy (non-hydrogen) atoms. The SMILES string of the molecule is Cc1nc(NC(=O)CC[C@H](NCC(C)C)C(=O)OC2CCCC2)sc1-c1ccc(Cl)c(S(C)(=O)=O)c1. The Hall–Kier alpha value is -2.01. The van der Waals surface area contributed by atoms with E-state index in [2.05, 4.69) is 29.5 Å². The van der Waals surface area contributed by atoms with E-state index in [1.807, 2.05) is 0 Å². The van der Waals surface area contributed by atoms with Crippen molar-refractivity contribution in [3.63, 3.8) is 0 Å². The molecule has 0 radical (unpaired) electrons. The minimum atomic E-state index is -3.49. The van der Waals surface area contributed by atoms with Crippen LogP contribution >= 0.6 is 22.9 Å². The van der Waals surface area contributed by atoms with E-state index in [0.717, 1.165) is 36.8 Å². The number of esters is 1. The van der Waals surface area contributed by atoms with Crippen LogP contribution in [0.3, 0.4) is 0 Å². The normalized spacial score (nSPS) is 15.3. The minimum absolute atomic E-state index is 0.0255. The average Bonchev–Trinajstić information content (AvgIpc) is 3.42. The fraction of sp³-hybridized carbons (Fsp3) is 0.560. The van der Waals surface area contributed by atoms with Crippen molar-refractivity contribution >= 4 is 49.8 Å². The molecular weight excluding hydrogens is 522 g/mol. The number of ether oxygens (including phenoxy) is 1. The lowest BCUT2D eigenvalue weighted by Crippen LogP contribution is -2.41. The number of carbonyl (C=O) groups is 2. The molecule has 11 heteroatoms. The van der Waals surface area contributed by atoms with Gasteiger partial charge < -0.3 is 15.4 Å². The minimum Gasteiger partial charge on any atom is -0.461 e. The summed E-state index contributed by atoms with van der Waals surface area (Å²) >= 11 is 7.32. The molecule has 1 aliphatic rings. The number of halogens is 1. The van der Waals surface area contributed by atoms with E-state index >= 15 is 0 Å². The molecule has 2 aromatic rings. The summed E-state index contributed by atoms with van der Waals surface area (Å²) in [4.78, 5) is 30.6. The van der Waals surface area contributed by atoms with Gasteiger partial charge in [0.15, 0.2) is 15.0 Å². The first-order valence-electron chi connectivity index (χ1n) is 12.1. The number of aryl methyl sites for hydroxylation is 1. The summed E-state index contributed by atoms with van der Waals surface area (Å²) < 4.78 is 29.7. The second kappa shape index (κ2) is 12.5. The van der Waals surface area contributed by atoms with E-state index in [9.17, 15) is 18.0 Å². The van der Waals surface area contributed by atoms with Gasteiger partial charge in [0.1, 0.15) is 12.1 Å². The van der Waals surface area contributed by atoms with Crippen molar-refractivity contribution in [2.45, 2.75) is 76.3 Å². The first kappa shape index (κ1) is 28.6. The number of aromatic nitrogens is 1. The van der Waals surface area contributed by atoms with Gasteiger partial charge in [0.05, 0.1) is 20.5 Å². The monoisotopic (exact) mass is 555 g/mol. The molecule has 2 N–H and O–H groups in total. The zero-order valence-corrected chi connectivity index (χ0v) is 23.5. The van der Waals surface area contributed by atoms with Crippen LogP contribution < -0.4 is 10.6 Å². The largest absolute Gasteiger partial charge is 0.461 e. The molecule has 0 bridgehead atoms. The van der Waals surface area contributed by atoms with Crippen LogP contribution in [0, 0.1) is 12.8 Å². The molecule has 0 unspecified atom stereocenters. The van der Waals surface area contributed by atoms with Gasteiger partial charge in [0, 0.05) is 12.7 Å². The maximum absolute atomic E-state index is 12.7. The van der Waals surface area contributed by atoms with Crippen molar-refractivity contribution in [3.8, 4) is 10.4 Å². The lowest BCUT2D eigenvalue weighted by molar-refractivity contribution is -0.151.